The maximum absolute atomic E-state index is 5.30. The molecular formula is C5H6BN3. The van der Waals surface area contributed by atoms with E-state index in [1.807, 2.05) is 0 Å². The minimum absolute atomic E-state index is 0.292. The van der Waals surface area contributed by atoms with Gasteiger partial charge in [-0.3, -0.25) is 0 Å². The van der Waals surface area contributed by atoms with Gasteiger partial charge in [0, 0.05) is 0 Å². The van der Waals surface area contributed by atoms with Gasteiger partial charge in [-0.1, -0.05) is 0 Å². The summed E-state index contributed by atoms with van der Waals surface area (Å²) in [5.41, 5.74) is 0.292. The van der Waals surface area contributed by atoms with E-state index in [1.165, 1.54) is 0 Å². The molecule has 0 spiro atoms. The van der Waals surface area contributed by atoms with E-state index in [2.05, 4.69) is 15.0 Å². The molecule has 0 aromatic carbocycles. The fraction of sp³-hybridized carbons (Fsp3) is 0.400. The molecule has 44 valence electrons. The minimum Gasteiger partial charge on any atom is -0.231 e. The minimum atomic E-state index is 0.292. The van der Waals surface area contributed by atoms with Crippen molar-refractivity contribution in [1.29, 1.82) is 0 Å². The van der Waals surface area contributed by atoms with Gasteiger partial charge in [0.25, 0.3) is 0 Å². The van der Waals surface area contributed by atoms with Crippen LogP contribution in [0.2, 0.25) is 0 Å². The number of hydrogen-bond donors (Lipinski definition) is 0. The van der Waals surface area contributed by atoms with E-state index in [-0.39, 0.29) is 0 Å². The number of aryl methyl sites for hydroxylation is 2. The molecule has 0 fully saturated rings. The van der Waals surface area contributed by atoms with Gasteiger partial charge in [0.1, 0.15) is 11.6 Å². The fourth-order valence-corrected chi connectivity index (χ4v) is 0.641. The first-order valence-electron chi connectivity index (χ1n) is 2.63. The normalized spacial score (nSPS) is 9.56. The van der Waals surface area contributed by atoms with E-state index >= 15 is 0 Å². The van der Waals surface area contributed by atoms with Gasteiger partial charge in [-0.05, 0) is 13.8 Å². The lowest BCUT2D eigenvalue weighted by Crippen LogP contribution is -2.17. The molecule has 0 aliphatic heterocycles. The van der Waals surface area contributed by atoms with Crippen LogP contribution in [-0.2, 0) is 0 Å². The molecule has 0 bridgehead atoms. The Bertz CT molecular complexity index is 173. The fourth-order valence-electron chi connectivity index (χ4n) is 0.641. The molecule has 1 heterocycles. The number of nitrogens with zero attached hydrogens (tertiary/aromatic N) is 3. The maximum Gasteiger partial charge on any atom is 0.170 e. The van der Waals surface area contributed by atoms with Crippen LogP contribution in [0.5, 0.6) is 0 Å². The molecule has 1 aromatic rings. The zero-order valence-corrected chi connectivity index (χ0v) is 5.42. The summed E-state index contributed by atoms with van der Waals surface area (Å²) < 4.78 is 0. The Morgan fingerprint density at radius 2 is 1.44 bits per heavy atom. The Morgan fingerprint density at radius 3 is 1.78 bits per heavy atom. The van der Waals surface area contributed by atoms with Crippen LogP contribution in [0.15, 0.2) is 0 Å². The highest BCUT2D eigenvalue weighted by molar-refractivity contribution is 6.28. The molecule has 1 aromatic heterocycles. The van der Waals surface area contributed by atoms with Crippen LogP contribution < -0.4 is 5.72 Å². The molecule has 4 heteroatoms. The van der Waals surface area contributed by atoms with Crippen LogP contribution >= 0.6 is 0 Å². The molecule has 0 saturated heterocycles. The van der Waals surface area contributed by atoms with Crippen LogP contribution in [0, 0.1) is 13.8 Å². The van der Waals surface area contributed by atoms with Crippen LogP contribution in [0.3, 0.4) is 0 Å². The van der Waals surface area contributed by atoms with Crippen molar-refractivity contribution in [2.45, 2.75) is 13.8 Å². The summed E-state index contributed by atoms with van der Waals surface area (Å²) in [7, 11) is 5.30. The SMILES string of the molecule is [B]c1nc(C)nc(C)n1. The van der Waals surface area contributed by atoms with E-state index in [1.54, 1.807) is 13.8 Å². The van der Waals surface area contributed by atoms with Crippen molar-refractivity contribution < 1.29 is 0 Å². The highest BCUT2D eigenvalue weighted by Crippen LogP contribution is 1.81. The second-order valence-electron chi connectivity index (χ2n) is 1.79. The molecule has 9 heavy (non-hydrogen) atoms. The van der Waals surface area contributed by atoms with Crippen molar-refractivity contribution >= 4 is 13.6 Å². The lowest BCUT2D eigenvalue weighted by Gasteiger charge is -1.94. The average molecular weight is 119 g/mol. The zero-order chi connectivity index (χ0) is 6.85. The number of hydrogen-bond acceptors (Lipinski definition) is 3. The van der Waals surface area contributed by atoms with Crippen LogP contribution in [0.4, 0.5) is 0 Å². The molecule has 0 saturated carbocycles. The topological polar surface area (TPSA) is 38.7 Å². The van der Waals surface area contributed by atoms with Crippen molar-refractivity contribution in [3.05, 3.63) is 11.6 Å². The van der Waals surface area contributed by atoms with Gasteiger partial charge in [0.2, 0.25) is 0 Å². The van der Waals surface area contributed by atoms with Gasteiger partial charge < -0.3 is 0 Å². The molecule has 0 N–H and O–H groups in total. The second-order valence-corrected chi connectivity index (χ2v) is 1.79. The van der Waals surface area contributed by atoms with Crippen molar-refractivity contribution in [2.75, 3.05) is 0 Å². The van der Waals surface area contributed by atoms with Gasteiger partial charge in [-0.25, -0.2) is 15.0 Å². The van der Waals surface area contributed by atoms with Crippen molar-refractivity contribution in [3.8, 4) is 0 Å². The molecule has 0 aliphatic carbocycles. The monoisotopic (exact) mass is 119 g/mol. The average Bonchev–Trinajstić information content (AvgIpc) is 1.59. The second kappa shape index (κ2) is 2.13. The first-order chi connectivity index (χ1) is 4.18. The summed E-state index contributed by atoms with van der Waals surface area (Å²) in [6.07, 6.45) is 0. The molecule has 3 nitrogen and oxygen atoms in total. The third-order valence-corrected chi connectivity index (χ3v) is 0.876. The maximum atomic E-state index is 5.30. The Hall–Kier alpha value is -0.925. The predicted octanol–water partition coefficient (Wildman–Crippen LogP) is -0.718. The smallest absolute Gasteiger partial charge is 0.170 e. The third-order valence-electron chi connectivity index (χ3n) is 0.876. The van der Waals surface area contributed by atoms with Gasteiger partial charge in [-0.15, -0.1) is 0 Å². The van der Waals surface area contributed by atoms with Gasteiger partial charge in [0.05, 0.1) is 5.72 Å². The van der Waals surface area contributed by atoms with Crippen molar-refractivity contribution in [1.82, 2.24) is 15.0 Å². The van der Waals surface area contributed by atoms with Crippen LogP contribution in [0.25, 0.3) is 0 Å². The van der Waals surface area contributed by atoms with Crippen molar-refractivity contribution in [2.24, 2.45) is 0 Å². The Labute approximate surface area is 55.0 Å². The van der Waals surface area contributed by atoms with E-state index in [0.29, 0.717) is 17.4 Å². The quantitative estimate of drug-likeness (QED) is 0.423. The highest BCUT2D eigenvalue weighted by atomic mass is 15.0. The van der Waals surface area contributed by atoms with Gasteiger partial charge >= 0.3 is 0 Å². The first-order valence-corrected chi connectivity index (χ1v) is 2.63. The summed E-state index contributed by atoms with van der Waals surface area (Å²) in [5.74, 6) is 1.33. The van der Waals surface area contributed by atoms with Gasteiger partial charge in [-0.2, -0.15) is 0 Å². The summed E-state index contributed by atoms with van der Waals surface area (Å²) in [5, 5.41) is 0. The summed E-state index contributed by atoms with van der Waals surface area (Å²) in [4.78, 5) is 11.5. The zero-order valence-electron chi connectivity index (χ0n) is 5.42. The van der Waals surface area contributed by atoms with Crippen molar-refractivity contribution in [3.63, 3.8) is 0 Å². The molecule has 0 aliphatic rings. The Morgan fingerprint density at radius 1 is 1.00 bits per heavy atom. The lowest BCUT2D eigenvalue weighted by atomic mass is 10.1. The number of aromatic nitrogens is 3. The van der Waals surface area contributed by atoms with E-state index in [9.17, 15) is 0 Å². The first kappa shape index (κ1) is 6.20. The Balaban J connectivity index is 3.17. The summed E-state index contributed by atoms with van der Waals surface area (Å²) >= 11 is 0. The number of rotatable bonds is 0. The molecule has 2 radical (unpaired) electrons. The largest absolute Gasteiger partial charge is 0.231 e. The Kier molecular flexibility index (Phi) is 1.47. The molecule has 0 unspecified atom stereocenters. The third kappa shape index (κ3) is 1.49. The lowest BCUT2D eigenvalue weighted by molar-refractivity contribution is 0.949. The highest BCUT2D eigenvalue weighted by Gasteiger charge is 1.91. The standard InChI is InChI=1S/C5H6BN3/c1-3-7-4(2)9-5(6)8-3/h1-2H3. The predicted molar refractivity (Wildman–Crippen MR) is 34.7 cm³/mol. The molecular weight excluding hydrogens is 113 g/mol. The summed E-state index contributed by atoms with van der Waals surface area (Å²) in [6, 6.07) is 0. The van der Waals surface area contributed by atoms with Crippen LogP contribution in [0.1, 0.15) is 11.6 Å². The molecule has 0 atom stereocenters. The molecule has 0 amide bonds. The van der Waals surface area contributed by atoms with E-state index in [0.717, 1.165) is 0 Å². The summed E-state index contributed by atoms with van der Waals surface area (Å²) in [6.45, 7) is 3.57. The van der Waals surface area contributed by atoms with Gasteiger partial charge in [0.15, 0.2) is 7.85 Å². The van der Waals surface area contributed by atoms with Crippen LogP contribution in [-0.4, -0.2) is 22.8 Å². The molecule has 1 rings (SSSR count). The van der Waals surface area contributed by atoms with E-state index in [4.69, 9.17) is 7.85 Å². The van der Waals surface area contributed by atoms with E-state index < -0.39 is 0 Å².